The highest BCUT2D eigenvalue weighted by Gasteiger charge is 1.93. The fourth-order valence-electron chi connectivity index (χ4n) is 0. The van der Waals surface area contributed by atoms with Gasteiger partial charge in [-0.15, -0.1) is 19.6 Å². The van der Waals surface area contributed by atoms with E-state index in [0.29, 0.717) is 0 Å². The quantitative estimate of drug-likeness (QED) is 0.330. The molecule has 6 N–H and O–H groups in total. The van der Waals surface area contributed by atoms with Crippen molar-refractivity contribution < 1.29 is 28.7 Å². The second kappa shape index (κ2) is 16.3. The minimum Gasteiger partial charge on any atom is -0.405 e. The summed E-state index contributed by atoms with van der Waals surface area (Å²) in [5.41, 5.74) is 4.61. The Labute approximate surface area is 64.7 Å². The van der Waals surface area contributed by atoms with Gasteiger partial charge in [-0.1, -0.05) is 6.58 Å². The van der Waals surface area contributed by atoms with Crippen LogP contribution < -0.4 is 5.73 Å². The molecule has 0 spiro atoms. The van der Waals surface area contributed by atoms with Gasteiger partial charge < -0.3 is 5.73 Å². The maximum absolute atomic E-state index is 8.70. The lowest BCUT2D eigenvalue weighted by molar-refractivity contribution is 0.403. The van der Waals surface area contributed by atoms with Crippen LogP contribution in [-0.2, 0) is 9.13 Å². The van der Waals surface area contributed by atoms with Crippen LogP contribution in [0.4, 0.5) is 0 Å². The zero-order valence-corrected chi connectivity index (χ0v) is 7.15. The maximum Gasteiger partial charge on any atom is 0.692 e. The zero-order chi connectivity index (χ0) is 9.86. The van der Waals surface area contributed by atoms with Crippen LogP contribution in [0.2, 0.25) is 0 Å². The molecule has 9 heteroatoms. The minimum atomic E-state index is -2.87. The number of hydrogen-bond donors (Lipinski definition) is 5. The predicted octanol–water partition coefficient (Wildman–Crippen LogP) is -0.655. The van der Waals surface area contributed by atoms with Crippen molar-refractivity contribution >= 4 is 16.5 Å². The molecular formula is C2H9NO6P2+2. The van der Waals surface area contributed by atoms with Crippen molar-refractivity contribution in [3.8, 4) is 0 Å². The molecule has 0 aromatic heterocycles. The lowest BCUT2D eigenvalue weighted by Gasteiger charge is -1.40. The van der Waals surface area contributed by atoms with E-state index in [4.69, 9.17) is 28.7 Å². The summed E-state index contributed by atoms with van der Waals surface area (Å²) in [4.78, 5) is 28.5. The van der Waals surface area contributed by atoms with Gasteiger partial charge in [0.25, 0.3) is 0 Å². The van der Waals surface area contributed by atoms with Gasteiger partial charge in [-0.05, 0) is 6.20 Å². The van der Waals surface area contributed by atoms with Crippen LogP contribution in [0.5, 0.6) is 0 Å². The summed E-state index contributed by atoms with van der Waals surface area (Å²) in [6.07, 6.45) is 1.25. The summed E-state index contributed by atoms with van der Waals surface area (Å²) < 4.78 is 17.4. The Morgan fingerprint density at radius 3 is 1.09 bits per heavy atom. The average molecular weight is 205 g/mol. The highest BCUT2D eigenvalue weighted by atomic mass is 31.1. The van der Waals surface area contributed by atoms with Gasteiger partial charge in [-0.3, -0.25) is 0 Å². The van der Waals surface area contributed by atoms with Gasteiger partial charge in [0, 0.05) is 9.13 Å². The third kappa shape index (κ3) is 3120. The second-order valence-corrected chi connectivity index (χ2v) is 1.75. The van der Waals surface area contributed by atoms with Gasteiger partial charge >= 0.3 is 16.5 Å². The van der Waals surface area contributed by atoms with Gasteiger partial charge in [0.05, 0.1) is 0 Å². The molecule has 0 amide bonds. The van der Waals surface area contributed by atoms with Crippen molar-refractivity contribution in [3.63, 3.8) is 0 Å². The molecule has 0 unspecified atom stereocenters. The van der Waals surface area contributed by atoms with E-state index in [-0.39, 0.29) is 0 Å². The summed E-state index contributed by atoms with van der Waals surface area (Å²) in [7, 11) is -5.74. The Morgan fingerprint density at radius 2 is 1.09 bits per heavy atom. The molecule has 0 aliphatic rings. The van der Waals surface area contributed by atoms with E-state index in [2.05, 4.69) is 12.3 Å². The topological polar surface area (TPSA) is 141 Å². The molecule has 0 radical (unpaired) electrons. The van der Waals surface area contributed by atoms with Gasteiger partial charge in [-0.25, -0.2) is 0 Å². The molecule has 0 aliphatic heterocycles. The van der Waals surface area contributed by atoms with Gasteiger partial charge in [0.2, 0.25) is 0 Å². The molecule has 0 aromatic rings. The van der Waals surface area contributed by atoms with E-state index in [9.17, 15) is 0 Å². The Balaban J connectivity index is -0.0000000886. The van der Waals surface area contributed by atoms with Crippen LogP contribution in [-0.4, -0.2) is 19.6 Å². The summed E-state index contributed by atoms with van der Waals surface area (Å²) >= 11 is 0. The van der Waals surface area contributed by atoms with E-state index in [1.54, 1.807) is 0 Å². The van der Waals surface area contributed by atoms with Crippen molar-refractivity contribution in [2.45, 2.75) is 0 Å². The lowest BCUT2D eigenvalue weighted by atomic mass is 11.1. The lowest BCUT2D eigenvalue weighted by Crippen LogP contribution is -1.67. The molecule has 0 atom stereocenters. The van der Waals surface area contributed by atoms with Crippen molar-refractivity contribution in [1.29, 1.82) is 0 Å². The molecule has 66 valence electrons. The summed E-state index contributed by atoms with van der Waals surface area (Å²) in [6.45, 7) is 3.14. The van der Waals surface area contributed by atoms with Crippen LogP contribution in [0.15, 0.2) is 12.8 Å². The summed E-state index contributed by atoms with van der Waals surface area (Å²) in [6, 6.07) is 0. The van der Waals surface area contributed by atoms with E-state index >= 15 is 0 Å². The van der Waals surface area contributed by atoms with Crippen LogP contribution in [0.25, 0.3) is 0 Å². The molecule has 7 nitrogen and oxygen atoms in total. The van der Waals surface area contributed by atoms with Crippen molar-refractivity contribution in [3.05, 3.63) is 12.8 Å². The summed E-state index contributed by atoms with van der Waals surface area (Å²) in [5, 5.41) is 0. The second-order valence-electron chi connectivity index (χ2n) is 0.741. The van der Waals surface area contributed by atoms with Gasteiger partial charge in [0.1, 0.15) is 0 Å². The van der Waals surface area contributed by atoms with E-state index in [1.165, 1.54) is 6.20 Å². The number of nitrogens with two attached hydrogens (primary N) is 1. The molecule has 0 saturated carbocycles. The Hall–Kier alpha value is -0.420. The first-order valence-corrected chi connectivity index (χ1v) is 4.24. The predicted molar refractivity (Wildman–Crippen MR) is 38.5 cm³/mol. The van der Waals surface area contributed by atoms with Gasteiger partial charge in [-0.2, -0.15) is 0 Å². The van der Waals surface area contributed by atoms with E-state index in [0.717, 1.165) is 0 Å². The number of hydrogen-bond acceptors (Lipinski definition) is 3. The van der Waals surface area contributed by atoms with E-state index in [1.807, 2.05) is 0 Å². The largest absolute Gasteiger partial charge is 0.692 e. The fraction of sp³-hybridized carbons (Fsp3) is 0. The molecule has 0 aromatic carbocycles. The monoisotopic (exact) mass is 205 g/mol. The first kappa shape index (κ1) is 16.9. The molecular weight excluding hydrogens is 196 g/mol. The zero-order valence-electron chi connectivity index (χ0n) is 5.36. The average Bonchev–Trinajstić information content (AvgIpc) is 1.60. The van der Waals surface area contributed by atoms with Crippen LogP contribution >= 0.6 is 16.5 Å². The maximum atomic E-state index is 8.70. The van der Waals surface area contributed by atoms with Crippen LogP contribution in [0.3, 0.4) is 0 Å². The standard InChI is InChI=1S/C2H5N.2HO3P/c1-2-3;2*1-4(2)3/h2H,1,3H2;2*(H-,1,2,3)/p+2. The molecule has 0 fully saturated rings. The molecule has 0 heterocycles. The van der Waals surface area contributed by atoms with Crippen molar-refractivity contribution in [2.75, 3.05) is 0 Å². The normalized spacial score (nSPS) is 5.82. The highest BCUT2D eigenvalue weighted by molar-refractivity contribution is 7.31. The fourth-order valence-corrected chi connectivity index (χ4v) is 0. The Bertz CT molecular complexity index is 106. The van der Waals surface area contributed by atoms with E-state index < -0.39 is 16.5 Å². The third-order valence-corrected chi connectivity index (χ3v) is 0. The third-order valence-electron chi connectivity index (χ3n) is 0. The Kier molecular flexibility index (Phi) is 25.0. The molecule has 11 heavy (non-hydrogen) atoms. The Morgan fingerprint density at radius 1 is 1.09 bits per heavy atom. The first-order chi connectivity index (χ1) is 4.88. The van der Waals surface area contributed by atoms with Crippen LogP contribution in [0, 0.1) is 0 Å². The van der Waals surface area contributed by atoms with Gasteiger partial charge in [0.15, 0.2) is 0 Å². The first-order valence-electron chi connectivity index (χ1n) is 1.91. The molecule has 0 bridgehead atoms. The van der Waals surface area contributed by atoms with Crippen LogP contribution in [0.1, 0.15) is 0 Å². The minimum absolute atomic E-state index is 1.25. The number of rotatable bonds is 0. The smallest absolute Gasteiger partial charge is 0.405 e. The summed E-state index contributed by atoms with van der Waals surface area (Å²) in [5.74, 6) is 0. The van der Waals surface area contributed by atoms with Crippen molar-refractivity contribution in [2.24, 2.45) is 5.73 Å². The molecule has 0 saturated heterocycles. The molecule has 0 aliphatic carbocycles. The highest BCUT2D eigenvalue weighted by Crippen LogP contribution is 1.98. The van der Waals surface area contributed by atoms with Crippen molar-refractivity contribution in [1.82, 2.24) is 0 Å². The molecule has 0 rings (SSSR count). The SMILES string of the molecule is C=CN.O=[P+](O)O.O=[P+](O)O.